The summed E-state index contributed by atoms with van der Waals surface area (Å²) in [5.74, 6) is 0.822. The molecule has 0 spiro atoms. The fraction of sp³-hybridized carbons (Fsp3) is 0.611. The zero-order chi connectivity index (χ0) is 14.6. The Labute approximate surface area is 123 Å². The van der Waals surface area contributed by atoms with Gasteiger partial charge >= 0.3 is 0 Å². The number of hydrogen-bond donors (Lipinski definition) is 0. The highest BCUT2D eigenvalue weighted by Gasteiger charge is 2.27. The van der Waals surface area contributed by atoms with E-state index in [1.165, 1.54) is 42.4 Å². The van der Waals surface area contributed by atoms with Crippen LogP contribution in [0.2, 0.25) is 0 Å². The fourth-order valence-corrected chi connectivity index (χ4v) is 2.53. The zero-order valence-corrected chi connectivity index (χ0v) is 13.3. The van der Waals surface area contributed by atoms with E-state index in [0.717, 1.165) is 12.3 Å². The molecule has 0 aromatic heterocycles. The van der Waals surface area contributed by atoms with Gasteiger partial charge in [0.2, 0.25) is 5.90 Å². The Kier molecular flexibility index (Phi) is 4.85. The molecule has 1 aliphatic rings. The van der Waals surface area contributed by atoms with E-state index in [4.69, 9.17) is 9.73 Å². The first-order valence-electron chi connectivity index (χ1n) is 7.84. The Morgan fingerprint density at radius 1 is 1.20 bits per heavy atom. The third-order valence-corrected chi connectivity index (χ3v) is 3.82. The van der Waals surface area contributed by atoms with Gasteiger partial charge in [0.25, 0.3) is 0 Å². The smallest absolute Gasteiger partial charge is 0.217 e. The van der Waals surface area contributed by atoms with Crippen molar-refractivity contribution in [1.82, 2.24) is 0 Å². The molecule has 0 fully saturated rings. The predicted molar refractivity (Wildman–Crippen MR) is 85.6 cm³/mol. The van der Waals surface area contributed by atoms with Crippen molar-refractivity contribution in [2.45, 2.75) is 65.3 Å². The van der Waals surface area contributed by atoms with Crippen molar-refractivity contribution in [2.75, 3.05) is 6.61 Å². The number of unbranched alkanes of at least 4 members (excludes halogenated alkanes) is 3. The fourth-order valence-electron chi connectivity index (χ4n) is 2.53. The standard InChI is InChI=1S/C18H27NO/c1-5-6-7-8-9-15-11-10-14(2)16(12-15)17-19-18(3,4)13-20-17/h10-12H,5-9,13H2,1-4H3. The van der Waals surface area contributed by atoms with Crippen molar-refractivity contribution >= 4 is 5.90 Å². The molecule has 1 aromatic rings. The van der Waals surface area contributed by atoms with Crippen LogP contribution in [0.15, 0.2) is 23.2 Å². The molecule has 2 nitrogen and oxygen atoms in total. The molecule has 0 amide bonds. The molecule has 20 heavy (non-hydrogen) atoms. The van der Waals surface area contributed by atoms with Crippen LogP contribution in [0.4, 0.5) is 0 Å². The lowest BCUT2D eigenvalue weighted by atomic mass is 10.0. The van der Waals surface area contributed by atoms with E-state index in [2.05, 4.69) is 45.9 Å². The molecule has 0 saturated carbocycles. The minimum absolute atomic E-state index is 0.0844. The molecule has 1 aliphatic heterocycles. The first-order valence-corrected chi connectivity index (χ1v) is 7.84. The van der Waals surface area contributed by atoms with Crippen LogP contribution in [0, 0.1) is 6.92 Å². The number of hydrogen-bond acceptors (Lipinski definition) is 2. The van der Waals surface area contributed by atoms with Crippen LogP contribution in [0.25, 0.3) is 0 Å². The number of nitrogens with zero attached hydrogens (tertiary/aromatic N) is 1. The number of rotatable bonds is 6. The number of aryl methyl sites for hydroxylation is 2. The molecule has 0 aliphatic carbocycles. The van der Waals surface area contributed by atoms with E-state index in [1.807, 2.05) is 0 Å². The average molecular weight is 273 g/mol. The molecule has 2 heteroatoms. The van der Waals surface area contributed by atoms with E-state index in [9.17, 15) is 0 Å². The molecular weight excluding hydrogens is 246 g/mol. The maximum Gasteiger partial charge on any atom is 0.217 e. The molecular formula is C18H27NO. The molecule has 0 saturated heterocycles. The van der Waals surface area contributed by atoms with Crippen LogP contribution in [0.1, 0.15) is 63.1 Å². The van der Waals surface area contributed by atoms with Gasteiger partial charge in [0.15, 0.2) is 0 Å². The van der Waals surface area contributed by atoms with E-state index in [-0.39, 0.29) is 5.54 Å². The quantitative estimate of drug-likeness (QED) is 0.690. The van der Waals surface area contributed by atoms with Crippen molar-refractivity contribution in [2.24, 2.45) is 4.99 Å². The third-order valence-electron chi connectivity index (χ3n) is 3.82. The summed E-state index contributed by atoms with van der Waals surface area (Å²) in [6, 6.07) is 6.70. The van der Waals surface area contributed by atoms with E-state index >= 15 is 0 Å². The molecule has 1 heterocycles. The zero-order valence-electron chi connectivity index (χ0n) is 13.3. The minimum Gasteiger partial charge on any atom is -0.475 e. The van der Waals surface area contributed by atoms with Crippen LogP contribution in [0.3, 0.4) is 0 Å². The second-order valence-electron chi connectivity index (χ2n) is 6.48. The van der Waals surface area contributed by atoms with Gasteiger partial charge in [-0.25, -0.2) is 4.99 Å². The summed E-state index contributed by atoms with van der Waals surface area (Å²) in [6.07, 6.45) is 6.38. The lowest BCUT2D eigenvalue weighted by Crippen LogP contribution is -2.17. The van der Waals surface area contributed by atoms with E-state index in [0.29, 0.717) is 6.61 Å². The highest BCUT2D eigenvalue weighted by Crippen LogP contribution is 2.23. The predicted octanol–water partition coefficient (Wildman–Crippen LogP) is 4.67. The van der Waals surface area contributed by atoms with Gasteiger partial charge < -0.3 is 4.74 Å². The Morgan fingerprint density at radius 2 is 2.00 bits per heavy atom. The molecule has 2 rings (SSSR count). The number of benzene rings is 1. The Hall–Kier alpha value is -1.31. The first kappa shape index (κ1) is 15.1. The second kappa shape index (κ2) is 6.43. The van der Waals surface area contributed by atoms with Crippen molar-refractivity contribution in [3.8, 4) is 0 Å². The van der Waals surface area contributed by atoms with Gasteiger partial charge in [-0.05, 0) is 50.8 Å². The van der Waals surface area contributed by atoms with E-state index < -0.39 is 0 Å². The van der Waals surface area contributed by atoms with E-state index in [1.54, 1.807) is 0 Å². The van der Waals surface area contributed by atoms with Crippen LogP contribution in [0.5, 0.6) is 0 Å². The van der Waals surface area contributed by atoms with Crippen LogP contribution in [-0.4, -0.2) is 18.0 Å². The third kappa shape index (κ3) is 3.84. The number of aliphatic imine (C=N–C) groups is 1. The minimum atomic E-state index is -0.0844. The molecule has 0 unspecified atom stereocenters. The lowest BCUT2D eigenvalue weighted by Gasteiger charge is -2.09. The second-order valence-corrected chi connectivity index (χ2v) is 6.48. The summed E-state index contributed by atoms with van der Waals surface area (Å²) in [5, 5.41) is 0. The highest BCUT2D eigenvalue weighted by molar-refractivity contribution is 5.97. The van der Waals surface area contributed by atoms with Gasteiger partial charge in [-0.2, -0.15) is 0 Å². The molecule has 110 valence electrons. The summed E-state index contributed by atoms with van der Waals surface area (Å²) in [5.41, 5.74) is 3.74. The topological polar surface area (TPSA) is 21.6 Å². The average Bonchev–Trinajstić information content (AvgIpc) is 2.77. The molecule has 0 bridgehead atoms. The van der Waals surface area contributed by atoms with Crippen molar-refractivity contribution in [1.29, 1.82) is 0 Å². The van der Waals surface area contributed by atoms with Crippen molar-refractivity contribution in [3.05, 3.63) is 34.9 Å². The maximum absolute atomic E-state index is 5.78. The monoisotopic (exact) mass is 273 g/mol. The van der Waals surface area contributed by atoms with Crippen molar-refractivity contribution in [3.63, 3.8) is 0 Å². The lowest BCUT2D eigenvalue weighted by molar-refractivity contribution is 0.279. The normalized spacial score (nSPS) is 16.9. The van der Waals surface area contributed by atoms with Gasteiger partial charge in [-0.1, -0.05) is 38.3 Å². The van der Waals surface area contributed by atoms with Crippen LogP contribution >= 0.6 is 0 Å². The summed E-state index contributed by atoms with van der Waals surface area (Å²) in [7, 11) is 0. The van der Waals surface area contributed by atoms with Gasteiger partial charge in [-0.3, -0.25) is 0 Å². The number of ether oxygens (including phenoxy) is 1. The van der Waals surface area contributed by atoms with Crippen molar-refractivity contribution < 1.29 is 4.74 Å². The van der Waals surface area contributed by atoms with Gasteiger partial charge in [0.05, 0.1) is 5.54 Å². The van der Waals surface area contributed by atoms with Crippen LogP contribution < -0.4 is 0 Å². The Morgan fingerprint density at radius 3 is 2.65 bits per heavy atom. The Bertz CT molecular complexity index is 488. The van der Waals surface area contributed by atoms with Gasteiger partial charge in [0.1, 0.15) is 6.61 Å². The maximum atomic E-state index is 5.78. The SMILES string of the molecule is CCCCCCc1ccc(C)c(C2=NC(C)(C)CO2)c1. The van der Waals surface area contributed by atoms with Crippen LogP contribution in [-0.2, 0) is 11.2 Å². The molecule has 0 atom stereocenters. The first-order chi connectivity index (χ1) is 9.52. The molecule has 0 radical (unpaired) electrons. The summed E-state index contributed by atoms with van der Waals surface area (Å²) in [6.45, 7) is 9.30. The highest BCUT2D eigenvalue weighted by atomic mass is 16.5. The Balaban J connectivity index is 2.09. The molecule has 0 N–H and O–H groups in total. The summed E-state index contributed by atoms with van der Waals surface area (Å²) >= 11 is 0. The molecule has 1 aromatic carbocycles. The van der Waals surface area contributed by atoms with Gasteiger partial charge in [0, 0.05) is 5.56 Å². The largest absolute Gasteiger partial charge is 0.475 e. The summed E-state index contributed by atoms with van der Waals surface area (Å²) in [4.78, 5) is 4.70. The summed E-state index contributed by atoms with van der Waals surface area (Å²) < 4.78 is 5.78. The van der Waals surface area contributed by atoms with Gasteiger partial charge in [-0.15, -0.1) is 0 Å².